The van der Waals surface area contributed by atoms with E-state index in [1.165, 1.54) is 4.90 Å². The van der Waals surface area contributed by atoms with E-state index in [0.717, 1.165) is 23.9 Å². The lowest BCUT2D eigenvalue weighted by atomic mass is 10.0. The van der Waals surface area contributed by atoms with Crippen molar-refractivity contribution in [3.8, 4) is 0 Å². The van der Waals surface area contributed by atoms with Crippen molar-refractivity contribution < 1.29 is 14.3 Å². The second-order valence-corrected chi connectivity index (χ2v) is 5.93. The van der Waals surface area contributed by atoms with Gasteiger partial charge in [0, 0.05) is 26.2 Å². The Morgan fingerprint density at radius 1 is 0.913 bits per heavy atom. The van der Waals surface area contributed by atoms with Gasteiger partial charge in [-0.3, -0.25) is 19.4 Å². The molecule has 2 aliphatic rings. The van der Waals surface area contributed by atoms with Crippen molar-refractivity contribution in [1.29, 1.82) is 0 Å². The molecule has 0 spiro atoms. The average Bonchev–Trinajstić information content (AvgIpc) is 2.85. The Balaban J connectivity index is 1.60. The molecule has 1 saturated heterocycles. The summed E-state index contributed by atoms with van der Waals surface area (Å²) < 4.78 is 5.32. The summed E-state index contributed by atoms with van der Waals surface area (Å²) in [6.07, 6.45) is 0. The molecule has 0 radical (unpaired) electrons. The number of hydrogen-bond acceptors (Lipinski definition) is 4. The molecule has 2 aromatic rings. The molecule has 23 heavy (non-hydrogen) atoms. The van der Waals surface area contributed by atoms with E-state index in [4.69, 9.17) is 4.74 Å². The fourth-order valence-corrected chi connectivity index (χ4v) is 3.32. The lowest BCUT2D eigenvalue weighted by molar-refractivity contribution is 0.0325. The molecule has 0 saturated carbocycles. The normalized spacial score (nSPS) is 18.7. The topological polar surface area (TPSA) is 49.9 Å². The lowest BCUT2D eigenvalue weighted by Crippen LogP contribution is -2.42. The maximum absolute atomic E-state index is 12.8. The predicted molar refractivity (Wildman–Crippen MR) is 86.6 cm³/mol. The third kappa shape index (κ3) is 2.42. The fourth-order valence-electron chi connectivity index (χ4n) is 3.32. The van der Waals surface area contributed by atoms with Gasteiger partial charge in [0.2, 0.25) is 0 Å². The van der Waals surface area contributed by atoms with Gasteiger partial charge in [0.15, 0.2) is 0 Å². The van der Waals surface area contributed by atoms with Crippen LogP contribution in [-0.4, -0.2) is 61.0 Å². The minimum atomic E-state index is -0.177. The Kier molecular flexibility index (Phi) is 3.59. The summed E-state index contributed by atoms with van der Waals surface area (Å²) in [6.45, 7) is 4.27. The van der Waals surface area contributed by atoms with Crippen LogP contribution in [-0.2, 0) is 4.74 Å². The highest BCUT2D eigenvalue weighted by Crippen LogP contribution is 2.30. The molecule has 2 aliphatic heterocycles. The van der Waals surface area contributed by atoms with Crippen molar-refractivity contribution in [2.45, 2.75) is 0 Å². The number of nitrogens with zero attached hydrogens (tertiary/aromatic N) is 2. The summed E-state index contributed by atoms with van der Waals surface area (Å²) in [4.78, 5) is 29.0. The molecule has 4 rings (SSSR count). The van der Waals surface area contributed by atoms with Crippen molar-refractivity contribution in [3.05, 3.63) is 47.5 Å². The quantitative estimate of drug-likeness (QED) is 0.811. The number of ether oxygens (including phenoxy) is 1. The third-order valence-corrected chi connectivity index (χ3v) is 4.61. The lowest BCUT2D eigenvalue weighted by Gasteiger charge is -2.27. The van der Waals surface area contributed by atoms with E-state index in [9.17, 15) is 9.59 Å². The largest absolute Gasteiger partial charge is 0.379 e. The Labute approximate surface area is 134 Å². The van der Waals surface area contributed by atoms with Crippen LogP contribution in [0.3, 0.4) is 0 Å². The molecule has 0 atom stereocenters. The number of benzene rings is 2. The smallest absolute Gasteiger partial charge is 0.262 e. The van der Waals surface area contributed by atoms with Crippen molar-refractivity contribution >= 4 is 22.6 Å². The van der Waals surface area contributed by atoms with Crippen LogP contribution in [0.5, 0.6) is 0 Å². The number of carbonyl (C=O) groups is 2. The Morgan fingerprint density at radius 3 is 2.52 bits per heavy atom. The van der Waals surface area contributed by atoms with Gasteiger partial charge >= 0.3 is 0 Å². The van der Waals surface area contributed by atoms with Crippen LogP contribution in [0, 0.1) is 0 Å². The molecule has 0 unspecified atom stereocenters. The van der Waals surface area contributed by atoms with Crippen LogP contribution >= 0.6 is 0 Å². The Bertz CT molecular complexity index is 781. The molecule has 0 aliphatic carbocycles. The molecule has 2 amide bonds. The van der Waals surface area contributed by atoms with Crippen molar-refractivity contribution in [1.82, 2.24) is 9.80 Å². The first-order valence-electron chi connectivity index (χ1n) is 7.94. The number of imide groups is 1. The van der Waals surface area contributed by atoms with E-state index in [-0.39, 0.29) is 11.8 Å². The summed E-state index contributed by atoms with van der Waals surface area (Å²) in [5.41, 5.74) is 1.07. The SMILES string of the molecule is O=C1c2ccc3ccccc3c2C(=O)N1CCN1CCOCC1. The van der Waals surface area contributed by atoms with Crippen molar-refractivity contribution in [3.63, 3.8) is 0 Å². The number of amides is 2. The fraction of sp³-hybridized carbons (Fsp3) is 0.333. The van der Waals surface area contributed by atoms with E-state index in [2.05, 4.69) is 4.90 Å². The molecule has 0 N–H and O–H groups in total. The first kappa shape index (κ1) is 14.4. The van der Waals surface area contributed by atoms with Gasteiger partial charge in [-0.05, 0) is 16.8 Å². The van der Waals surface area contributed by atoms with Crippen LogP contribution < -0.4 is 0 Å². The van der Waals surface area contributed by atoms with Crippen LogP contribution in [0.4, 0.5) is 0 Å². The summed E-state index contributed by atoms with van der Waals surface area (Å²) in [7, 11) is 0. The summed E-state index contributed by atoms with van der Waals surface area (Å²) >= 11 is 0. The van der Waals surface area contributed by atoms with Gasteiger partial charge in [-0.1, -0.05) is 30.3 Å². The van der Waals surface area contributed by atoms with Crippen molar-refractivity contribution in [2.24, 2.45) is 0 Å². The summed E-state index contributed by atoms with van der Waals surface area (Å²) in [5, 5.41) is 1.85. The second-order valence-electron chi connectivity index (χ2n) is 5.93. The number of morpholine rings is 1. The van der Waals surface area contributed by atoms with Crippen LogP contribution in [0.15, 0.2) is 36.4 Å². The van der Waals surface area contributed by atoms with Gasteiger partial charge in [-0.2, -0.15) is 0 Å². The van der Waals surface area contributed by atoms with Gasteiger partial charge in [-0.25, -0.2) is 0 Å². The van der Waals surface area contributed by atoms with Crippen LogP contribution in [0.1, 0.15) is 20.7 Å². The molecule has 0 aromatic heterocycles. The van der Waals surface area contributed by atoms with Gasteiger partial charge in [0.1, 0.15) is 0 Å². The highest BCUT2D eigenvalue weighted by atomic mass is 16.5. The molecule has 0 bridgehead atoms. The molecule has 5 heteroatoms. The summed E-state index contributed by atoms with van der Waals surface area (Å²) in [5.74, 6) is -0.348. The molecule has 2 heterocycles. The number of fused-ring (bicyclic) bond motifs is 3. The number of hydrogen-bond donors (Lipinski definition) is 0. The molecular formula is C18H18N2O3. The first-order valence-corrected chi connectivity index (χ1v) is 7.94. The van der Waals surface area contributed by atoms with E-state index in [0.29, 0.717) is 37.4 Å². The van der Waals surface area contributed by atoms with Gasteiger partial charge < -0.3 is 4.74 Å². The third-order valence-electron chi connectivity index (χ3n) is 4.61. The monoisotopic (exact) mass is 310 g/mol. The maximum Gasteiger partial charge on any atom is 0.262 e. The van der Waals surface area contributed by atoms with E-state index < -0.39 is 0 Å². The van der Waals surface area contributed by atoms with E-state index >= 15 is 0 Å². The zero-order valence-electron chi connectivity index (χ0n) is 12.8. The van der Waals surface area contributed by atoms with E-state index in [1.807, 2.05) is 30.3 Å². The molecule has 2 aromatic carbocycles. The Hall–Kier alpha value is -2.24. The molecule has 1 fully saturated rings. The molecular weight excluding hydrogens is 292 g/mol. The van der Waals surface area contributed by atoms with Gasteiger partial charge in [-0.15, -0.1) is 0 Å². The maximum atomic E-state index is 12.8. The average molecular weight is 310 g/mol. The zero-order chi connectivity index (χ0) is 15.8. The molecule has 118 valence electrons. The van der Waals surface area contributed by atoms with Crippen LogP contribution in [0.2, 0.25) is 0 Å². The number of carbonyl (C=O) groups excluding carboxylic acids is 2. The van der Waals surface area contributed by atoms with Crippen molar-refractivity contribution in [2.75, 3.05) is 39.4 Å². The van der Waals surface area contributed by atoms with E-state index in [1.54, 1.807) is 6.07 Å². The highest BCUT2D eigenvalue weighted by Gasteiger charge is 2.36. The summed E-state index contributed by atoms with van der Waals surface area (Å²) in [6, 6.07) is 11.4. The standard InChI is InChI=1S/C18H18N2O3/c21-17-15-6-5-13-3-1-2-4-14(13)16(15)18(22)20(17)8-7-19-9-11-23-12-10-19/h1-6H,7-12H2. The molecule has 5 nitrogen and oxygen atoms in total. The van der Waals surface area contributed by atoms with Gasteiger partial charge in [0.25, 0.3) is 11.8 Å². The van der Waals surface area contributed by atoms with Gasteiger partial charge in [0.05, 0.1) is 24.3 Å². The minimum absolute atomic E-state index is 0.171. The number of rotatable bonds is 3. The minimum Gasteiger partial charge on any atom is -0.379 e. The first-order chi connectivity index (χ1) is 11.3. The predicted octanol–water partition coefficient (Wildman–Crippen LogP) is 1.77. The Morgan fingerprint density at radius 2 is 1.70 bits per heavy atom. The van der Waals surface area contributed by atoms with Crippen LogP contribution in [0.25, 0.3) is 10.8 Å². The second kappa shape index (κ2) is 5.76. The highest BCUT2D eigenvalue weighted by molar-refractivity contribution is 6.26. The zero-order valence-corrected chi connectivity index (χ0v) is 12.8.